The highest BCUT2D eigenvalue weighted by molar-refractivity contribution is 7.98. The molecule has 1 amide bonds. The molecule has 0 saturated heterocycles. The molecule has 0 spiro atoms. The van der Waals surface area contributed by atoms with E-state index in [-0.39, 0.29) is 18.4 Å². The fourth-order valence-electron chi connectivity index (χ4n) is 2.55. The number of hydrazone groups is 1. The molecule has 2 aromatic carbocycles. The lowest BCUT2D eigenvalue weighted by atomic mass is 10.1. The van der Waals surface area contributed by atoms with Crippen molar-refractivity contribution in [3.63, 3.8) is 0 Å². The first-order chi connectivity index (χ1) is 13.8. The first-order valence-corrected chi connectivity index (χ1v) is 11.1. The smallest absolute Gasteiger partial charge is 0.244 e. The van der Waals surface area contributed by atoms with Gasteiger partial charge in [0.05, 0.1) is 30.4 Å². The summed E-state index contributed by atoms with van der Waals surface area (Å²) in [7, 11) is 0. The van der Waals surface area contributed by atoms with Crippen LogP contribution in [0.25, 0.3) is 0 Å². The van der Waals surface area contributed by atoms with E-state index in [2.05, 4.69) is 10.5 Å². The molecule has 0 unspecified atom stereocenters. The predicted molar refractivity (Wildman–Crippen MR) is 121 cm³/mol. The van der Waals surface area contributed by atoms with Crippen molar-refractivity contribution in [3.8, 4) is 11.5 Å². The molecule has 5 nitrogen and oxygen atoms in total. The van der Waals surface area contributed by atoms with E-state index >= 15 is 0 Å². The molecule has 156 valence electrons. The van der Waals surface area contributed by atoms with E-state index < -0.39 is 0 Å². The molecule has 0 radical (unpaired) electrons. The van der Waals surface area contributed by atoms with Gasteiger partial charge >= 0.3 is 0 Å². The van der Waals surface area contributed by atoms with Gasteiger partial charge in [0, 0.05) is 9.92 Å². The van der Waals surface area contributed by atoms with Crippen molar-refractivity contribution >= 4 is 47.1 Å². The third kappa shape index (κ3) is 7.14. The lowest BCUT2D eigenvalue weighted by Crippen LogP contribution is -2.20. The summed E-state index contributed by atoms with van der Waals surface area (Å²) in [5.74, 6) is 0.787. The molecule has 0 saturated carbocycles. The molecule has 2 rings (SSSR count). The number of thioether (sulfide) groups is 1. The summed E-state index contributed by atoms with van der Waals surface area (Å²) >= 11 is 13.9. The third-order valence-electron chi connectivity index (χ3n) is 3.68. The average Bonchev–Trinajstić information content (AvgIpc) is 2.65. The van der Waals surface area contributed by atoms with Crippen molar-refractivity contribution < 1.29 is 14.3 Å². The molecular formula is C21H24Cl2N2O3S. The first kappa shape index (κ1) is 23.4. The van der Waals surface area contributed by atoms with Crippen LogP contribution in [0.3, 0.4) is 0 Å². The lowest BCUT2D eigenvalue weighted by Gasteiger charge is -2.16. The quantitative estimate of drug-likeness (QED) is 0.304. The van der Waals surface area contributed by atoms with E-state index in [1.54, 1.807) is 36.0 Å². The predicted octanol–water partition coefficient (Wildman–Crippen LogP) is 5.59. The molecule has 0 atom stereocenters. The van der Waals surface area contributed by atoms with Crippen LogP contribution in [0.2, 0.25) is 10.0 Å². The zero-order chi connectivity index (χ0) is 21.4. The minimum absolute atomic E-state index is 0.0387. The van der Waals surface area contributed by atoms with E-state index in [0.29, 0.717) is 33.7 Å². The number of nitrogens with zero attached hydrogens (tertiary/aromatic N) is 1. The van der Waals surface area contributed by atoms with Gasteiger partial charge in [-0.05, 0) is 68.5 Å². The maximum atomic E-state index is 12.2. The van der Waals surface area contributed by atoms with Gasteiger partial charge in [-0.15, -0.1) is 11.8 Å². The first-order valence-electron chi connectivity index (χ1n) is 9.11. The Balaban J connectivity index is 2.09. The largest absolute Gasteiger partial charge is 0.490 e. The van der Waals surface area contributed by atoms with Gasteiger partial charge < -0.3 is 9.47 Å². The van der Waals surface area contributed by atoms with Gasteiger partial charge in [-0.2, -0.15) is 5.10 Å². The molecule has 2 aromatic rings. The fraction of sp³-hybridized carbons (Fsp3) is 0.333. The molecule has 0 heterocycles. The Kier molecular flexibility index (Phi) is 9.14. The fourth-order valence-corrected chi connectivity index (χ4v) is 3.61. The van der Waals surface area contributed by atoms with Gasteiger partial charge in [-0.3, -0.25) is 4.79 Å². The van der Waals surface area contributed by atoms with E-state index in [9.17, 15) is 4.79 Å². The number of amides is 1. The topological polar surface area (TPSA) is 59.9 Å². The number of nitrogens with one attached hydrogen (secondary N) is 1. The normalized spacial score (nSPS) is 11.1. The molecule has 0 aliphatic heterocycles. The summed E-state index contributed by atoms with van der Waals surface area (Å²) in [6.07, 6.45) is 3.61. The number of ether oxygens (including phenoxy) is 2. The second-order valence-electron chi connectivity index (χ2n) is 6.36. The highest BCUT2D eigenvalue weighted by Crippen LogP contribution is 2.37. The minimum atomic E-state index is -0.241. The van der Waals surface area contributed by atoms with Crippen molar-refractivity contribution in [1.82, 2.24) is 5.43 Å². The van der Waals surface area contributed by atoms with Crippen LogP contribution >= 0.6 is 35.0 Å². The Labute approximate surface area is 185 Å². The number of carbonyl (C=O) groups is 1. The van der Waals surface area contributed by atoms with Crippen LogP contribution in [-0.2, 0) is 11.2 Å². The summed E-state index contributed by atoms with van der Waals surface area (Å²) in [6.45, 7) is 6.19. The maximum absolute atomic E-state index is 12.2. The molecular weight excluding hydrogens is 431 g/mol. The Bertz CT molecular complexity index is 888. The van der Waals surface area contributed by atoms with Crippen LogP contribution in [0.4, 0.5) is 0 Å². The number of rotatable bonds is 9. The van der Waals surface area contributed by atoms with E-state index in [0.717, 1.165) is 10.5 Å². The molecule has 1 N–H and O–H groups in total. The van der Waals surface area contributed by atoms with Gasteiger partial charge in [0.1, 0.15) is 0 Å². The molecule has 29 heavy (non-hydrogen) atoms. The molecule has 0 fully saturated rings. The van der Waals surface area contributed by atoms with Gasteiger partial charge in [0.2, 0.25) is 5.91 Å². The van der Waals surface area contributed by atoms with Crippen LogP contribution in [0.1, 0.15) is 31.9 Å². The molecule has 0 aliphatic rings. The number of benzene rings is 2. The Morgan fingerprint density at radius 1 is 1.28 bits per heavy atom. The zero-order valence-corrected chi connectivity index (χ0v) is 19.1. The Morgan fingerprint density at radius 2 is 2.03 bits per heavy atom. The van der Waals surface area contributed by atoms with Crippen LogP contribution in [0, 0.1) is 0 Å². The SMILES string of the molecule is CCOc1cc(/C=N\NC(=O)Cc2cc(Cl)ccc2SC)cc(Cl)c1OC(C)C. The van der Waals surface area contributed by atoms with Crippen LogP contribution in [-0.4, -0.2) is 31.1 Å². The van der Waals surface area contributed by atoms with Crippen molar-refractivity contribution in [1.29, 1.82) is 0 Å². The zero-order valence-electron chi connectivity index (χ0n) is 16.8. The van der Waals surface area contributed by atoms with Crippen molar-refractivity contribution in [2.24, 2.45) is 5.10 Å². The van der Waals surface area contributed by atoms with E-state index in [1.807, 2.05) is 33.1 Å². The number of carbonyl (C=O) groups excluding carboxylic acids is 1. The number of hydrogen-bond donors (Lipinski definition) is 1. The van der Waals surface area contributed by atoms with Crippen LogP contribution in [0.5, 0.6) is 11.5 Å². The summed E-state index contributed by atoms with van der Waals surface area (Å²) in [4.78, 5) is 13.2. The van der Waals surface area contributed by atoms with E-state index in [1.165, 1.54) is 6.21 Å². The Hall–Kier alpha value is -1.89. The molecule has 0 bridgehead atoms. The van der Waals surface area contributed by atoms with Gasteiger partial charge in [-0.1, -0.05) is 23.2 Å². The maximum Gasteiger partial charge on any atom is 0.244 e. The standard InChI is InChI=1S/C21H24Cl2N2O3S/c1-5-27-18-9-14(8-17(23)21(18)28-13(2)3)12-24-25-20(26)11-15-10-16(22)6-7-19(15)29-4/h6-10,12-13H,5,11H2,1-4H3,(H,25,26)/b24-12-. The average molecular weight is 455 g/mol. The lowest BCUT2D eigenvalue weighted by molar-refractivity contribution is -0.120. The van der Waals surface area contributed by atoms with Gasteiger partial charge in [-0.25, -0.2) is 5.43 Å². The number of halogens is 2. The van der Waals surface area contributed by atoms with Gasteiger partial charge in [0.25, 0.3) is 0 Å². The molecule has 0 aromatic heterocycles. The van der Waals surface area contributed by atoms with E-state index in [4.69, 9.17) is 32.7 Å². The second-order valence-corrected chi connectivity index (χ2v) is 8.05. The summed E-state index contributed by atoms with van der Waals surface area (Å²) < 4.78 is 11.4. The van der Waals surface area contributed by atoms with Crippen molar-refractivity contribution in [2.45, 2.75) is 38.2 Å². The number of hydrogen-bond acceptors (Lipinski definition) is 5. The summed E-state index contributed by atoms with van der Waals surface area (Å²) in [6, 6.07) is 8.97. The molecule has 8 heteroatoms. The Morgan fingerprint density at radius 3 is 2.69 bits per heavy atom. The highest BCUT2D eigenvalue weighted by atomic mass is 35.5. The molecule has 0 aliphatic carbocycles. The third-order valence-corrected chi connectivity index (χ3v) is 5.04. The van der Waals surface area contributed by atoms with Crippen LogP contribution in [0.15, 0.2) is 40.3 Å². The van der Waals surface area contributed by atoms with Crippen molar-refractivity contribution in [2.75, 3.05) is 12.9 Å². The summed E-state index contributed by atoms with van der Waals surface area (Å²) in [5.41, 5.74) is 4.07. The highest BCUT2D eigenvalue weighted by Gasteiger charge is 2.14. The minimum Gasteiger partial charge on any atom is -0.490 e. The summed E-state index contributed by atoms with van der Waals surface area (Å²) in [5, 5.41) is 5.04. The monoisotopic (exact) mass is 454 g/mol. The van der Waals surface area contributed by atoms with Crippen LogP contribution < -0.4 is 14.9 Å². The van der Waals surface area contributed by atoms with Crippen molar-refractivity contribution in [3.05, 3.63) is 51.5 Å². The second kappa shape index (κ2) is 11.3. The van der Waals surface area contributed by atoms with Gasteiger partial charge in [0.15, 0.2) is 11.5 Å².